The lowest BCUT2D eigenvalue weighted by molar-refractivity contribution is 0.102. The average Bonchev–Trinajstić information content (AvgIpc) is 2.68. The maximum atomic E-state index is 11.8. The predicted octanol–water partition coefficient (Wildman–Crippen LogP) is 2.54. The van der Waals surface area contributed by atoms with E-state index in [1.165, 1.54) is 6.20 Å². The van der Waals surface area contributed by atoms with Crippen molar-refractivity contribution >= 4 is 11.6 Å². The molecule has 0 spiro atoms. The molecule has 1 aromatic carbocycles. The van der Waals surface area contributed by atoms with Gasteiger partial charge in [0, 0.05) is 5.69 Å². The normalized spacial score (nSPS) is 10.1. The number of rotatable bonds is 2. The molecule has 1 aromatic heterocycles. The number of carbonyl (C=O) groups is 1. The molecule has 2 aromatic rings. The number of nitrogens with zero attached hydrogens (tertiary/aromatic N) is 1. The van der Waals surface area contributed by atoms with Gasteiger partial charge in [0.1, 0.15) is 11.3 Å². The van der Waals surface area contributed by atoms with E-state index >= 15 is 0 Å². The van der Waals surface area contributed by atoms with E-state index in [2.05, 4.69) is 10.5 Å². The highest BCUT2D eigenvalue weighted by atomic mass is 16.5. The van der Waals surface area contributed by atoms with Gasteiger partial charge in [-0.3, -0.25) is 4.79 Å². The highest BCUT2D eigenvalue weighted by Gasteiger charge is 2.12. The minimum atomic E-state index is -0.206. The van der Waals surface area contributed by atoms with Gasteiger partial charge in [-0.25, -0.2) is 0 Å². The highest BCUT2D eigenvalue weighted by Crippen LogP contribution is 2.12. The van der Waals surface area contributed by atoms with Crippen LogP contribution in [0.2, 0.25) is 0 Å². The summed E-state index contributed by atoms with van der Waals surface area (Å²) in [7, 11) is 0. The van der Waals surface area contributed by atoms with Crippen LogP contribution in [0, 0.1) is 13.8 Å². The Balaban J connectivity index is 2.14. The summed E-state index contributed by atoms with van der Waals surface area (Å²) < 4.78 is 4.83. The summed E-state index contributed by atoms with van der Waals surface area (Å²) in [5.41, 5.74) is 2.37. The highest BCUT2D eigenvalue weighted by molar-refractivity contribution is 6.04. The van der Waals surface area contributed by atoms with Gasteiger partial charge < -0.3 is 9.84 Å². The van der Waals surface area contributed by atoms with Crippen molar-refractivity contribution in [3.8, 4) is 0 Å². The molecule has 0 bridgehead atoms. The Morgan fingerprint density at radius 2 is 1.94 bits per heavy atom. The lowest BCUT2D eigenvalue weighted by Gasteiger charge is -2.03. The van der Waals surface area contributed by atoms with Crippen LogP contribution in [0.25, 0.3) is 0 Å². The molecule has 0 aliphatic carbocycles. The summed E-state index contributed by atoms with van der Waals surface area (Å²) in [5, 5.41) is 6.34. The molecule has 82 valence electrons. The Bertz CT molecular complexity index is 500. The standard InChI is InChI=1S/C12H12N2O2/c1-8-3-5-10(6-4-8)14-12(15)11-7-13-16-9(11)2/h3-7H,1-2H3,(H,14,15). The molecule has 1 N–H and O–H groups in total. The van der Waals surface area contributed by atoms with Crippen LogP contribution in [0.15, 0.2) is 35.0 Å². The number of aryl methyl sites for hydroxylation is 2. The second kappa shape index (κ2) is 4.18. The summed E-state index contributed by atoms with van der Waals surface area (Å²) in [6.07, 6.45) is 1.42. The molecular formula is C12H12N2O2. The molecule has 0 aliphatic rings. The topological polar surface area (TPSA) is 55.1 Å². The van der Waals surface area contributed by atoms with E-state index in [0.29, 0.717) is 11.3 Å². The molecule has 1 heterocycles. The Kier molecular flexibility index (Phi) is 2.72. The first-order valence-corrected chi connectivity index (χ1v) is 4.96. The fourth-order valence-corrected chi connectivity index (χ4v) is 1.35. The van der Waals surface area contributed by atoms with Gasteiger partial charge in [0.2, 0.25) is 0 Å². The molecule has 4 heteroatoms. The molecule has 0 saturated carbocycles. The van der Waals surface area contributed by atoms with Crippen molar-refractivity contribution in [1.82, 2.24) is 5.16 Å². The third-order valence-electron chi connectivity index (χ3n) is 2.30. The zero-order valence-electron chi connectivity index (χ0n) is 9.15. The zero-order chi connectivity index (χ0) is 11.5. The minimum Gasteiger partial charge on any atom is -0.361 e. The van der Waals surface area contributed by atoms with Gasteiger partial charge >= 0.3 is 0 Å². The third-order valence-corrected chi connectivity index (χ3v) is 2.30. The van der Waals surface area contributed by atoms with Crippen molar-refractivity contribution < 1.29 is 9.32 Å². The fraction of sp³-hybridized carbons (Fsp3) is 0.167. The van der Waals surface area contributed by atoms with Crippen LogP contribution in [0.5, 0.6) is 0 Å². The van der Waals surface area contributed by atoms with Crippen LogP contribution in [0.3, 0.4) is 0 Å². The first kappa shape index (κ1) is 10.4. The SMILES string of the molecule is Cc1ccc(NC(=O)c2cnoc2C)cc1. The number of benzene rings is 1. The zero-order valence-corrected chi connectivity index (χ0v) is 9.15. The fourth-order valence-electron chi connectivity index (χ4n) is 1.35. The molecule has 0 radical (unpaired) electrons. The van der Waals surface area contributed by atoms with E-state index in [1.54, 1.807) is 6.92 Å². The maximum Gasteiger partial charge on any atom is 0.260 e. The van der Waals surface area contributed by atoms with Gasteiger partial charge in [-0.05, 0) is 26.0 Å². The number of amides is 1. The first-order chi connectivity index (χ1) is 7.66. The van der Waals surface area contributed by atoms with Crippen LogP contribution < -0.4 is 5.32 Å². The molecule has 1 amide bonds. The molecule has 0 aliphatic heterocycles. The Hall–Kier alpha value is -2.10. The molecule has 0 fully saturated rings. The molecule has 2 rings (SSSR count). The smallest absolute Gasteiger partial charge is 0.260 e. The van der Waals surface area contributed by atoms with Crippen LogP contribution in [0.1, 0.15) is 21.7 Å². The Morgan fingerprint density at radius 1 is 1.25 bits per heavy atom. The molecule has 16 heavy (non-hydrogen) atoms. The van der Waals surface area contributed by atoms with E-state index in [1.807, 2.05) is 31.2 Å². The van der Waals surface area contributed by atoms with Gasteiger partial charge in [-0.1, -0.05) is 22.9 Å². The van der Waals surface area contributed by atoms with E-state index < -0.39 is 0 Å². The minimum absolute atomic E-state index is 0.206. The van der Waals surface area contributed by atoms with Gasteiger partial charge in [-0.15, -0.1) is 0 Å². The van der Waals surface area contributed by atoms with Crippen LogP contribution >= 0.6 is 0 Å². The Labute approximate surface area is 93.3 Å². The summed E-state index contributed by atoms with van der Waals surface area (Å²) in [6, 6.07) is 7.60. The van der Waals surface area contributed by atoms with E-state index in [-0.39, 0.29) is 5.91 Å². The number of hydrogen-bond acceptors (Lipinski definition) is 3. The van der Waals surface area contributed by atoms with Crippen LogP contribution in [-0.2, 0) is 0 Å². The van der Waals surface area contributed by atoms with Crippen molar-refractivity contribution in [2.75, 3.05) is 5.32 Å². The van der Waals surface area contributed by atoms with Gasteiger partial charge in [-0.2, -0.15) is 0 Å². The maximum absolute atomic E-state index is 11.8. The quantitative estimate of drug-likeness (QED) is 0.839. The third kappa shape index (κ3) is 2.11. The molecular weight excluding hydrogens is 204 g/mol. The van der Waals surface area contributed by atoms with Gasteiger partial charge in [0.05, 0.1) is 6.20 Å². The van der Waals surface area contributed by atoms with Gasteiger partial charge in [0.25, 0.3) is 5.91 Å². The number of carbonyl (C=O) groups excluding carboxylic acids is 1. The van der Waals surface area contributed by atoms with Crippen molar-refractivity contribution in [2.45, 2.75) is 13.8 Å². The number of nitrogens with one attached hydrogen (secondary N) is 1. The summed E-state index contributed by atoms with van der Waals surface area (Å²) >= 11 is 0. The molecule has 0 saturated heterocycles. The number of anilines is 1. The van der Waals surface area contributed by atoms with Crippen LogP contribution in [0.4, 0.5) is 5.69 Å². The molecule has 0 unspecified atom stereocenters. The summed E-state index contributed by atoms with van der Waals surface area (Å²) in [6.45, 7) is 3.70. The van der Waals surface area contributed by atoms with Crippen molar-refractivity contribution in [2.24, 2.45) is 0 Å². The second-order valence-corrected chi connectivity index (χ2v) is 3.62. The van der Waals surface area contributed by atoms with E-state index in [9.17, 15) is 4.79 Å². The molecule has 0 atom stereocenters. The second-order valence-electron chi connectivity index (χ2n) is 3.62. The van der Waals surface area contributed by atoms with Crippen molar-refractivity contribution in [3.63, 3.8) is 0 Å². The molecule has 4 nitrogen and oxygen atoms in total. The van der Waals surface area contributed by atoms with E-state index in [0.717, 1.165) is 11.3 Å². The monoisotopic (exact) mass is 216 g/mol. The largest absolute Gasteiger partial charge is 0.361 e. The lowest BCUT2D eigenvalue weighted by atomic mass is 10.2. The average molecular weight is 216 g/mol. The summed E-state index contributed by atoms with van der Waals surface area (Å²) in [5.74, 6) is 0.312. The van der Waals surface area contributed by atoms with Crippen molar-refractivity contribution in [3.05, 3.63) is 47.3 Å². The van der Waals surface area contributed by atoms with Crippen molar-refractivity contribution in [1.29, 1.82) is 0 Å². The predicted molar refractivity (Wildman–Crippen MR) is 60.4 cm³/mol. The Morgan fingerprint density at radius 3 is 2.50 bits per heavy atom. The van der Waals surface area contributed by atoms with Gasteiger partial charge in [0.15, 0.2) is 0 Å². The summed E-state index contributed by atoms with van der Waals surface area (Å²) in [4.78, 5) is 11.8. The first-order valence-electron chi connectivity index (χ1n) is 4.96. The number of hydrogen-bond donors (Lipinski definition) is 1. The van der Waals surface area contributed by atoms with E-state index in [4.69, 9.17) is 4.52 Å². The lowest BCUT2D eigenvalue weighted by Crippen LogP contribution is -2.11. The van der Waals surface area contributed by atoms with Crippen LogP contribution in [-0.4, -0.2) is 11.1 Å². The number of aromatic nitrogens is 1.